The van der Waals surface area contributed by atoms with Crippen molar-refractivity contribution in [2.75, 3.05) is 12.4 Å². The van der Waals surface area contributed by atoms with Gasteiger partial charge in [-0.2, -0.15) is 0 Å². The highest BCUT2D eigenvalue weighted by molar-refractivity contribution is 7.21. The summed E-state index contributed by atoms with van der Waals surface area (Å²) in [5, 5.41) is 7.64. The first kappa shape index (κ1) is 13.9. The van der Waals surface area contributed by atoms with Gasteiger partial charge in [-0.05, 0) is 25.1 Å². The second kappa shape index (κ2) is 5.38. The second-order valence-electron chi connectivity index (χ2n) is 4.38. The van der Waals surface area contributed by atoms with Gasteiger partial charge in [0.05, 0.1) is 12.1 Å². The van der Waals surface area contributed by atoms with Crippen LogP contribution in [0.4, 0.5) is 5.82 Å². The number of nitrogens with zero attached hydrogens (tertiary/aromatic N) is 1. The van der Waals surface area contributed by atoms with Crippen LogP contribution in [0.25, 0.3) is 10.1 Å². The number of nitrogens with one attached hydrogen (secondary N) is 1. The summed E-state index contributed by atoms with van der Waals surface area (Å²) >= 11 is 7.59. The average molecular weight is 323 g/mol. The number of anilines is 1. The molecule has 3 aromatic rings. The third kappa shape index (κ3) is 2.59. The van der Waals surface area contributed by atoms with Crippen molar-refractivity contribution in [1.82, 2.24) is 5.16 Å². The zero-order valence-electron chi connectivity index (χ0n) is 11.3. The maximum atomic E-state index is 12.3. The molecule has 1 aromatic carbocycles. The molecule has 7 heteroatoms. The van der Waals surface area contributed by atoms with Crippen LogP contribution in [0, 0.1) is 6.92 Å². The van der Waals surface area contributed by atoms with Crippen molar-refractivity contribution in [3.63, 3.8) is 0 Å². The number of halogens is 1. The van der Waals surface area contributed by atoms with Crippen LogP contribution in [0.5, 0.6) is 5.75 Å². The molecule has 2 aromatic heterocycles. The van der Waals surface area contributed by atoms with Gasteiger partial charge in [0.25, 0.3) is 5.91 Å². The molecule has 0 aliphatic rings. The van der Waals surface area contributed by atoms with Crippen molar-refractivity contribution in [1.29, 1.82) is 0 Å². The number of thiophene rings is 1. The van der Waals surface area contributed by atoms with Crippen molar-refractivity contribution >= 4 is 44.7 Å². The van der Waals surface area contributed by atoms with Gasteiger partial charge in [0.15, 0.2) is 5.82 Å². The number of aromatic nitrogens is 1. The van der Waals surface area contributed by atoms with Crippen molar-refractivity contribution in [2.24, 2.45) is 0 Å². The summed E-state index contributed by atoms with van der Waals surface area (Å²) in [6, 6.07) is 7.14. The highest BCUT2D eigenvalue weighted by atomic mass is 35.5. The van der Waals surface area contributed by atoms with Crippen LogP contribution in [0.15, 0.2) is 28.8 Å². The third-order valence-electron chi connectivity index (χ3n) is 2.91. The van der Waals surface area contributed by atoms with Gasteiger partial charge in [-0.25, -0.2) is 0 Å². The standard InChI is InChI=1S/C14H11ClN2O3S/c1-7-5-11(17-20-7)16-14(18)13-12(15)9-4-3-8(19-2)6-10(9)21-13/h3-6H,1-2H3,(H,16,17,18). The van der Waals surface area contributed by atoms with E-state index in [1.165, 1.54) is 11.3 Å². The van der Waals surface area contributed by atoms with Crippen molar-refractivity contribution < 1.29 is 14.1 Å². The quantitative estimate of drug-likeness (QED) is 0.788. The summed E-state index contributed by atoms with van der Waals surface area (Å²) in [4.78, 5) is 12.7. The Balaban J connectivity index is 1.96. The van der Waals surface area contributed by atoms with Crippen LogP contribution in [-0.4, -0.2) is 18.2 Å². The van der Waals surface area contributed by atoms with E-state index in [2.05, 4.69) is 10.5 Å². The average Bonchev–Trinajstić information content (AvgIpc) is 3.02. The molecule has 5 nitrogen and oxygen atoms in total. The molecule has 0 radical (unpaired) electrons. The van der Waals surface area contributed by atoms with E-state index in [0.29, 0.717) is 21.5 Å². The maximum absolute atomic E-state index is 12.3. The molecule has 3 rings (SSSR count). The van der Waals surface area contributed by atoms with Crippen molar-refractivity contribution in [3.8, 4) is 5.75 Å². The minimum atomic E-state index is -0.312. The van der Waals surface area contributed by atoms with Gasteiger partial charge in [-0.1, -0.05) is 16.8 Å². The molecule has 0 aliphatic heterocycles. The molecule has 0 spiro atoms. The molecular weight excluding hydrogens is 312 g/mol. The van der Waals surface area contributed by atoms with E-state index in [9.17, 15) is 4.79 Å². The van der Waals surface area contributed by atoms with Gasteiger partial charge in [-0.3, -0.25) is 4.79 Å². The number of hydrogen-bond donors (Lipinski definition) is 1. The largest absolute Gasteiger partial charge is 0.497 e. The van der Waals surface area contributed by atoms with Crippen LogP contribution in [0.3, 0.4) is 0 Å². The zero-order valence-corrected chi connectivity index (χ0v) is 12.8. The normalized spacial score (nSPS) is 10.8. The van der Waals surface area contributed by atoms with Gasteiger partial charge in [-0.15, -0.1) is 11.3 Å². The Morgan fingerprint density at radius 2 is 2.24 bits per heavy atom. The summed E-state index contributed by atoms with van der Waals surface area (Å²) < 4.78 is 11.0. The highest BCUT2D eigenvalue weighted by Gasteiger charge is 2.18. The number of ether oxygens (including phenoxy) is 1. The lowest BCUT2D eigenvalue weighted by Crippen LogP contribution is -2.10. The van der Waals surface area contributed by atoms with E-state index in [1.807, 2.05) is 18.2 Å². The van der Waals surface area contributed by atoms with Gasteiger partial charge >= 0.3 is 0 Å². The van der Waals surface area contributed by atoms with Crippen LogP contribution >= 0.6 is 22.9 Å². The first-order chi connectivity index (χ1) is 10.1. The van der Waals surface area contributed by atoms with Gasteiger partial charge in [0.1, 0.15) is 16.4 Å². The fraction of sp³-hybridized carbons (Fsp3) is 0.143. The van der Waals surface area contributed by atoms with Gasteiger partial charge in [0, 0.05) is 16.2 Å². The Kier molecular flexibility index (Phi) is 3.57. The number of carbonyl (C=O) groups is 1. The van der Waals surface area contributed by atoms with Crippen molar-refractivity contribution in [2.45, 2.75) is 6.92 Å². The molecule has 0 saturated carbocycles. The summed E-state index contributed by atoms with van der Waals surface area (Å²) in [7, 11) is 1.59. The Hall–Kier alpha value is -2.05. The zero-order chi connectivity index (χ0) is 15.0. The number of rotatable bonds is 3. The molecule has 0 saturated heterocycles. The maximum Gasteiger partial charge on any atom is 0.268 e. The SMILES string of the molecule is COc1ccc2c(Cl)c(C(=O)Nc3cc(C)on3)sc2c1. The first-order valence-electron chi connectivity index (χ1n) is 6.09. The molecular formula is C14H11ClN2O3S. The van der Waals surface area contributed by atoms with Crippen LogP contribution < -0.4 is 10.1 Å². The molecule has 21 heavy (non-hydrogen) atoms. The molecule has 0 atom stereocenters. The van der Waals surface area contributed by atoms with Gasteiger partial charge in [0.2, 0.25) is 0 Å². The van der Waals surface area contributed by atoms with Crippen LogP contribution in [0.2, 0.25) is 5.02 Å². The molecule has 1 N–H and O–H groups in total. The third-order valence-corrected chi connectivity index (χ3v) is 4.57. The van der Waals surface area contributed by atoms with Crippen LogP contribution in [-0.2, 0) is 0 Å². The smallest absolute Gasteiger partial charge is 0.268 e. The lowest BCUT2D eigenvalue weighted by molar-refractivity contribution is 0.103. The number of aryl methyl sites for hydroxylation is 1. The van der Waals surface area contributed by atoms with E-state index in [4.69, 9.17) is 20.9 Å². The molecule has 108 valence electrons. The highest BCUT2D eigenvalue weighted by Crippen LogP contribution is 2.37. The van der Waals surface area contributed by atoms with E-state index in [1.54, 1.807) is 20.1 Å². The summed E-state index contributed by atoms with van der Waals surface area (Å²) in [6.07, 6.45) is 0. The molecule has 0 bridgehead atoms. The molecule has 1 amide bonds. The number of hydrogen-bond acceptors (Lipinski definition) is 5. The first-order valence-corrected chi connectivity index (χ1v) is 7.28. The Morgan fingerprint density at radius 1 is 1.43 bits per heavy atom. The molecule has 0 aliphatic carbocycles. The van der Waals surface area contributed by atoms with Gasteiger partial charge < -0.3 is 14.6 Å². The number of benzene rings is 1. The summed E-state index contributed by atoms with van der Waals surface area (Å²) in [5.74, 6) is 1.40. The monoisotopic (exact) mass is 322 g/mol. The molecule has 0 fully saturated rings. The van der Waals surface area contributed by atoms with E-state index >= 15 is 0 Å². The lowest BCUT2D eigenvalue weighted by Gasteiger charge is -1.98. The lowest BCUT2D eigenvalue weighted by atomic mass is 10.2. The molecule has 2 heterocycles. The van der Waals surface area contributed by atoms with Crippen molar-refractivity contribution in [3.05, 3.63) is 39.9 Å². The second-order valence-corrected chi connectivity index (χ2v) is 5.81. The number of carbonyl (C=O) groups excluding carboxylic acids is 1. The minimum Gasteiger partial charge on any atom is -0.497 e. The fourth-order valence-corrected chi connectivity index (χ4v) is 3.36. The van der Waals surface area contributed by atoms with E-state index in [-0.39, 0.29) is 5.91 Å². The number of fused-ring (bicyclic) bond motifs is 1. The predicted octanol–water partition coefficient (Wildman–Crippen LogP) is 4.11. The van der Waals surface area contributed by atoms with Crippen LogP contribution in [0.1, 0.15) is 15.4 Å². The minimum absolute atomic E-state index is 0.312. The topological polar surface area (TPSA) is 64.4 Å². The Morgan fingerprint density at radius 3 is 2.90 bits per heavy atom. The molecule has 0 unspecified atom stereocenters. The Labute approximate surface area is 129 Å². The van der Waals surface area contributed by atoms with E-state index < -0.39 is 0 Å². The Bertz CT molecular complexity index is 825. The fourth-order valence-electron chi connectivity index (χ4n) is 1.92. The summed E-state index contributed by atoms with van der Waals surface area (Å²) in [6.45, 7) is 1.75. The van der Waals surface area contributed by atoms with E-state index in [0.717, 1.165) is 15.8 Å². The number of methoxy groups -OCH3 is 1. The summed E-state index contributed by atoms with van der Waals surface area (Å²) in [5.41, 5.74) is 0. The predicted molar refractivity (Wildman–Crippen MR) is 82.6 cm³/mol. The number of amides is 1.